The number of nitrogens with one attached hydrogen (secondary N) is 1. The van der Waals surface area contributed by atoms with E-state index in [0.29, 0.717) is 22.3 Å². The van der Waals surface area contributed by atoms with Crippen molar-refractivity contribution in [1.29, 1.82) is 0 Å². The van der Waals surface area contributed by atoms with Gasteiger partial charge in [0.2, 0.25) is 0 Å². The molecule has 0 bridgehead atoms. The van der Waals surface area contributed by atoms with Crippen molar-refractivity contribution in [2.75, 3.05) is 12.4 Å². The number of nitrogens with zero attached hydrogens (tertiary/aromatic N) is 3. The van der Waals surface area contributed by atoms with E-state index < -0.39 is 27.1 Å². The number of non-ortho nitro benzene ring substituents is 2. The van der Waals surface area contributed by atoms with Crippen LogP contribution in [0.3, 0.4) is 0 Å². The van der Waals surface area contributed by atoms with E-state index in [1.807, 2.05) is 6.92 Å². The highest BCUT2D eigenvalue weighted by Gasteiger charge is 2.20. The zero-order chi connectivity index (χ0) is 20.4. The SMILES string of the molecule is COc1cc(C)nc2ccc(NC(=O)c3cc([N+](=O)[O-])cc([N+](=O)[O-])c3)cc12.Cl. The van der Waals surface area contributed by atoms with Crippen LogP contribution in [0, 0.1) is 27.2 Å². The van der Waals surface area contributed by atoms with Gasteiger partial charge in [0.1, 0.15) is 5.75 Å². The highest BCUT2D eigenvalue weighted by atomic mass is 35.5. The average Bonchev–Trinajstić information content (AvgIpc) is 2.67. The van der Waals surface area contributed by atoms with Crippen molar-refractivity contribution in [1.82, 2.24) is 4.98 Å². The second kappa shape index (κ2) is 8.48. The number of carbonyl (C=O) groups is 1. The second-order valence-corrected chi connectivity index (χ2v) is 5.90. The van der Waals surface area contributed by atoms with E-state index >= 15 is 0 Å². The largest absolute Gasteiger partial charge is 0.496 e. The van der Waals surface area contributed by atoms with Crippen LogP contribution in [0.25, 0.3) is 10.9 Å². The molecule has 1 amide bonds. The molecule has 150 valence electrons. The average molecular weight is 419 g/mol. The summed E-state index contributed by atoms with van der Waals surface area (Å²) in [5.74, 6) is -0.144. The molecular weight excluding hydrogens is 404 g/mol. The summed E-state index contributed by atoms with van der Waals surface area (Å²) in [6.45, 7) is 1.83. The van der Waals surface area contributed by atoms with Gasteiger partial charge < -0.3 is 10.1 Å². The fourth-order valence-corrected chi connectivity index (χ4v) is 2.71. The van der Waals surface area contributed by atoms with E-state index in [0.717, 1.165) is 23.9 Å². The Morgan fingerprint density at radius 3 is 2.21 bits per heavy atom. The summed E-state index contributed by atoms with van der Waals surface area (Å²) < 4.78 is 5.33. The van der Waals surface area contributed by atoms with E-state index in [2.05, 4.69) is 10.3 Å². The van der Waals surface area contributed by atoms with E-state index in [9.17, 15) is 25.0 Å². The molecule has 2 aromatic carbocycles. The van der Waals surface area contributed by atoms with E-state index in [4.69, 9.17) is 4.74 Å². The molecule has 0 aliphatic carbocycles. The maximum absolute atomic E-state index is 12.5. The Hall–Kier alpha value is -3.79. The lowest BCUT2D eigenvalue weighted by atomic mass is 10.1. The summed E-state index contributed by atoms with van der Waals surface area (Å²) in [5, 5.41) is 25.2. The van der Waals surface area contributed by atoms with Crippen LogP contribution in [0.1, 0.15) is 16.1 Å². The molecule has 0 unspecified atom stereocenters. The molecular formula is C18H15ClN4O6. The first-order valence-corrected chi connectivity index (χ1v) is 7.99. The lowest BCUT2D eigenvalue weighted by Gasteiger charge is -2.10. The van der Waals surface area contributed by atoms with Gasteiger partial charge in [0, 0.05) is 35.0 Å². The number of nitro groups is 2. The third kappa shape index (κ3) is 4.55. The third-order valence-corrected chi connectivity index (χ3v) is 3.96. The fourth-order valence-electron chi connectivity index (χ4n) is 2.71. The third-order valence-electron chi connectivity index (χ3n) is 3.96. The summed E-state index contributed by atoms with van der Waals surface area (Å²) >= 11 is 0. The van der Waals surface area contributed by atoms with Crippen molar-refractivity contribution in [3.63, 3.8) is 0 Å². The second-order valence-electron chi connectivity index (χ2n) is 5.90. The normalized spacial score (nSPS) is 10.1. The van der Waals surface area contributed by atoms with Gasteiger partial charge in [-0.1, -0.05) is 0 Å². The van der Waals surface area contributed by atoms with Gasteiger partial charge in [0.25, 0.3) is 17.3 Å². The first-order valence-electron chi connectivity index (χ1n) is 7.99. The van der Waals surface area contributed by atoms with Crippen LogP contribution < -0.4 is 10.1 Å². The molecule has 10 nitrogen and oxygen atoms in total. The topological polar surface area (TPSA) is 138 Å². The van der Waals surface area contributed by atoms with Crippen LogP contribution in [0.15, 0.2) is 42.5 Å². The molecule has 0 saturated carbocycles. The van der Waals surface area contributed by atoms with Gasteiger partial charge in [0.15, 0.2) is 0 Å². The molecule has 0 spiro atoms. The molecule has 1 aromatic heterocycles. The van der Waals surface area contributed by atoms with Crippen molar-refractivity contribution in [3.8, 4) is 5.75 Å². The standard InChI is InChI=1S/C18H14N4O6.ClH/c1-10-5-17(28-2)15-8-12(3-4-16(15)19-10)20-18(23)11-6-13(21(24)25)9-14(7-11)22(26)27;/h3-9H,1-2H3,(H,20,23);1H. The lowest BCUT2D eigenvalue weighted by Crippen LogP contribution is -2.12. The summed E-state index contributed by atoms with van der Waals surface area (Å²) in [6, 6.07) is 9.45. The molecule has 3 rings (SSSR count). The highest BCUT2D eigenvalue weighted by Crippen LogP contribution is 2.29. The summed E-state index contributed by atoms with van der Waals surface area (Å²) in [7, 11) is 1.52. The minimum absolute atomic E-state index is 0. The van der Waals surface area contributed by atoms with Gasteiger partial charge >= 0.3 is 0 Å². The maximum Gasteiger partial charge on any atom is 0.277 e. The first-order chi connectivity index (χ1) is 13.3. The fraction of sp³-hybridized carbons (Fsp3) is 0.111. The Morgan fingerprint density at radius 1 is 1.03 bits per heavy atom. The van der Waals surface area contributed by atoms with Gasteiger partial charge in [-0.05, 0) is 25.1 Å². The molecule has 0 saturated heterocycles. The quantitative estimate of drug-likeness (QED) is 0.487. The Kier molecular flexibility index (Phi) is 6.29. The molecule has 1 heterocycles. The van der Waals surface area contributed by atoms with Gasteiger partial charge in [-0.25, -0.2) is 0 Å². The molecule has 0 radical (unpaired) electrons. The molecule has 0 atom stereocenters. The molecule has 29 heavy (non-hydrogen) atoms. The monoisotopic (exact) mass is 418 g/mol. The lowest BCUT2D eigenvalue weighted by molar-refractivity contribution is -0.394. The smallest absolute Gasteiger partial charge is 0.277 e. The van der Waals surface area contributed by atoms with Crippen molar-refractivity contribution in [2.24, 2.45) is 0 Å². The summed E-state index contributed by atoms with van der Waals surface area (Å²) in [4.78, 5) is 37.3. The predicted molar refractivity (Wildman–Crippen MR) is 108 cm³/mol. The van der Waals surface area contributed by atoms with Crippen LogP contribution in [0.5, 0.6) is 5.75 Å². The number of anilines is 1. The van der Waals surface area contributed by atoms with E-state index in [-0.39, 0.29) is 18.0 Å². The number of ether oxygens (including phenoxy) is 1. The zero-order valence-corrected chi connectivity index (χ0v) is 16.1. The number of carbonyl (C=O) groups excluding carboxylic acids is 1. The molecule has 0 aliphatic rings. The predicted octanol–water partition coefficient (Wildman–Crippen LogP) is 4.04. The molecule has 0 fully saturated rings. The first kappa shape index (κ1) is 21.5. The molecule has 1 N–H and O–H groups in total. The Balaban J connectivity index is 0.00000300. The number of amides is 1. The van der Waals surface area contributed by atoms with Crippen molar-refractivity contribution in [2.45, 2.75) is 6.92 Å². The zero-order valence-electron chi connectivity index (χ0n) is 15.2. The number of benzene rings is 2. The number of halogens is 1. The molecule has 3 aromatic rings. The van der Waals surface area contributed by atoms with Crippen LogP contribution >= 0.6 is 12.4 Å². The number of hydrogen-bond acceptors (Lipinski definition) is 7. The van der Waals surface area contributed by atoms with Crippen LogP contribution in [0.2, 0.25) is 0 Å². The maximum atomic E-state index is 12.5. The van der Waals surface area contributed by atoms with Gasteiger partial charge in [-0.15, -0.1) is 12.4 Å². The van der Waals surface area contributed by atoms with E-state index in [1.54, 1.807) is 24.3 Å². The van der Waals surface area contributed by atoms with Gasteiger partial charge in [-0.2, -0.15) is 0 Å². The number of hydrogen-bond donors (Lipinski definition) is 1. The highest BCUT2D eigenvalue weighted by molar-refractivity contribution is 6.06. The number of pyridine rings is 1. The number of nitro benzene ring substituents is 2. The van der Waals surface area contributed by atoms with Gasteiger partial charge in [-0.3, -0.25) is 30.0 Å². The van der Waals surface area contributed by atoms with Crippen molar-refractivity contribution >= 4 is 46.3 Å². The summed E-state index contributed by atoms with van der Waals surface area (Å²) in [6.07, 6.45) is 0. The minimum atomic E-state index is -0.793. The number of aromatic nitrogens is 1. The van der Waals surface area contributed by atoms with Crippen LogP contribution in [-0.4, -0.2) is 27.8 Å². The Bertz CT molecular complexity index is 1100. The van der Waals surface area contributed by atoms with E-state index in [1.165, 1.54) is 7.11 Å². The van der Waals surface area contributed by atoms with Gasteiger partial charge in [0.05, 0.1) is 34.1 Å². The Labute approximate surface area is 170 Å². The van der Waals surface area contributed by atoms with Crippen molar-refractivity contribution in [3.05, 3.63) is 74.0 Å². The Morgan fingerprint density at radius 2 is 1.66 bits per heavy atom. The summed E-state index contributed by atoms with van der Waals surface area (Å²) in [5.41, 5.74) is 0.537. The number of rotatable bonds is 5. The van der Waals surface area contributed by atoms with Crippen molar-refractivity contribution < 1.29 is 19.4 Å². The number of aryl methyl sites for hydroxylation is 1. The molecule has 11 heteroatoms. The van der Waals surface area contributed by atoms with Crippen LogP contribution in [0.4, 0.5) is 17.1 Å². The number of fused-ring (bicyclic) bond motifs is 1. The number of methoxy groups -OCH3 is 1. The molecule has 0 aliphatic heterocycles. The minimum Gasteiger partial charge on any atom is -0.496 e. The van der Waals surface area contributed by atoms with Crippen LogP contribution in [-0.2, 0) is 0 Å².